The fraction of sp³-hybridized carbons (Fsp3) is 0.125. The predicted octanol–water partition coefficient (Wildman–Crippen LogP) is 0.0631. The second kappa shape index (κ2) is 3.73. The van der Waals surface area contributed by atoms with E-state index >= 15 is 0 Å². The van der Waals surface area contributed by atoms with E-state index in [4.69, 9.17) is 5.11 Å². The lowest BCUT2D eigenvalue weighted by atomic mass is 10.2. The summed E-state index contributed by atoms with van der Waals surface area (Å²) in [7, 11) is 1.28. The number of ether oxygens (including phenoxy) is 1. The van der Waals surface area contributed by atoms with Crippen molar-refractivity contribution in [1.82, 2.24) is 4.98 Å². The fourth-order valence-corrected chi connectivity index (χ4v) is 0.868. The molecular formula is C8H7NO5. The van der Waals surface area contributed by atoms with Crippen molar-refractivity contribution in [1.29, 1.82) is 0 Å². The van der Waals surface area contributed by atoms with Crippen LogP contribution < -0.4 is 4.74 Å². The number of carbonyl (C=O) groups excluding carboxylic acids is 1. The summed E-state index contributed by atoms with van der Waals surface area (Å²) in [4.78, 5) is 24.7. The summed E-state index contributed by atoms with van der Waals surface area (Å²) < 4.78 is 4.68. The zero-order valence-electron chi connectivity index (χ0n) is 7.22. The molecule has 14 heavy (non-hydrogen) atoms. The molecule has 0 saturated heterocycles. The maximum absolute atomic E-state index is 11.0. The van der Waals surface area contributed by atoms with Gasteiger partial charge in [0.1, 0.15) is 0 Å². The van der Waals surface area contributed by atoms with E-state index in [0.717, 1.165) is 0 Å². The van der Waals surface area contributed by atoms with Gasteiger partial charge in [-0.05, 0) is 0 Å². The van der Waals surface area contributed by atoms with Crippen molar-refractivity contribution in [3.63, 3.8) is 0 Å². The summed E-state index contributed by atoms with van der Waals surface area (Å²) in [5.41, 5.74) is -0.531. The number of aliphatic carboxylic acids is 1. The number of aromatic nitrogens is 1. The Morgan fingerprint density at radius 2 is 2.14 bits per heavy atom. The van der Waals surface area contributed by atoms with Gasteiger partial charge >= 0.3 is 5.97 Å². The fourth-order valence-electron chi connectivity index (χ4n) is 0.868. The van der Waals surface area contributed by atoms with Crippen LogP contribution in [-0.2, 0) is 4.79 Å². The molecule has 1 heterocycles. The number of carboxylic acids is 1. The Morgan fingerprint density at radius 1 is 1.50 bits per heavy atom. The van der Waals surface area contributed by atoms with Gasteiger partial charge in [-0.3, -0.25) is 4.79 Å². The van der Waals surface area contributed by atoms with E-state index in [1.54, 1.807) is 0 Å². The maximum Gasteiger partial charge on any atom is 0.379 e. The highest BCUT2D eigenvalue weighted by atomic mass is 16.5. The van der Waals surface area contributed by atoms with Gasteiger partial charge in [0.25, 0.3) is 5.78 Å². The number of hydrogen-bond acceptors (Lipinski definition) is 5. The van der Waals surface area contributed by atoms with Gasteiger partial charge in [-0.25, -0.2) is 9.78 Å². The molecule has 0 aliphatic rings. The lowest BCUT2D eigenvalue weighted by Crippen LogP contribution is -2.14. The first-order valence-corrected chi connectivity index (χ1v) is 3.57. The second-order valence-corrected chi connectivity index (χ2v) is 2.34. The van der Waals surface area contributed by atoms with Crippen molar-refractivity contribution in [2.24, 2.45) is 0 Å². The van der Waals surface area contributed by atoms with E-state index in [2.05, 4.69) is 9.72 Å². The van der Waals surface area contributed by atoms with Crippen LogP contribution in [0, 0.1) is 0 Å². The quantitative estimate of drug-likeness (QED) is 0.525. The largest absolute Gasteiger partial charge is 0.503 e. The molecule has 1 aromatic heterocycles. The first kappa shape index (κ1) is 9.97. The van der Waals surface area contributed by atoms with Crippen molar-refractivity contribution in [2.75, 3.05) is 7.11 Å². The number of carbonyl (C=O) groups is 2. The van der Waals surface area contributed by atoms with Crippen LogP contribution in [0.5, 0.6) is 11.5 Å². The van der Waals surface area contributed by atoms with Crippen LogP contribution in [0.25, 0.3) is 0 Å². The molecular weight excluding hydrogens is 190 g/mol. The number of carboxylic acid groups (broad SMARTS) is 1. The highest BCUT2D eigenvalue weighted by Gasteiger charge is 2.22. The number of hydrogen-bond donors (Lipinski definition) is 2. The number of nitrogens with zero attached hydrogens (tertiary/aromatic N) is 1. The van der Waals surface area contributed by atoms with E-state index in [9.17, 15) is 14.7 Å². The van der Waals surface area contributed by atoms with Crippen LogP contribution in [0.4, 0.5) is 0 Å². The zero-order chi connectivity index (χ0) is 10.7. The Kier molecular flexibility index (Phi) is 2.66. The molecule has 2 N–H and O–H groups in total. The van der Waals surface area contributed by atoms with Gasteiger partial charge in [-0.1, -0.05) is 0 Å². The molecule has 6 nitrogen and oxygen atoms in total. The Labute approximate surface area is 78.8 Å². The van der Waals surface area contributed by atoms with Gasteiger partial charge in [0.2, 0.25) is 0 Å². The molecule has 0 aromatic carbocycles. The SMILES string of the molecule is COc1ccnc(C(=O)C(=O)O)c1O. The summed E-state index contributed by atoms with van der Waals surface area (Å²) in [6.45, 7) is 0. The van der Waals surface area contributed by atoms with Crippen molar-refractivity contribution >= 4 is 11.8 Å². The van der Waals surface area contributed by atoms with E-state index in [1.165, 1.54) is 19.4 Å². The second-order valence-electron chi connectivity index (χ2n) is 2.34. The van der Waals surface area contributed by atoms with Gasteiger partial charge in [0, 0.05) is 12.3 Å². The molecule has 0 bridgehead atoms. The van der Waals surface area contributed by atoms with Gasteiger partial charge in [0.05, 0.1) is 7.11 Å². The third-order valence-corrected chi connectivity index (χ3v) is 1.52. The Balaban J connectivity index is 3.22. The standard InChI is InChI=1S/C8H7NO5/c1-14-4-2-3-9-5(6(4)10)7(11)8(12)13/h2-3,10H,1H3,(H,12,13). The highest BCUT2D eigenvalue weighted by molar-refractivity contribution is 6.40. The van der Waals surface area contributed by atoms with E-state index in [0.29, 0.717) is 0 Å². The number of methoxy groups -OCH3 is 1. The third-order valence-electron chi connectivity index (χ3n) is 1.52. The minimum Gasteiger partial charge on any atom is -0.503 e. The van der Waals surface area contributed by atoms with Gasteiger partial charge in [0.15, 0.2) is 17.2 Å². The summed E-state index contributed by atoms with van der Waals surface area (Å²) >= 11 is 0. The van der Waals surface area contributed by atoms with Crippen LogP contribution in [0.15, 0.2) is 12.3 Å². The average Bonchev–Trinajstić information content (AvgIpc) is 2.17. The van der Waals surface area contributed by atoms with Gasteiger partial charge < -0.3 is 14.9 Å². The molecule has 1 rings (SSSR count). The van der Waals surface area contributed by atoms with Crippen LogP contribution in [0.1, 0.15) is 10.5 Å². The average molecular weight is 197 g/mol. The molecule has 74 valence electrons. The zero-order valence-corrected chi connectivity index (χ0v) is 7.22. The Hall–Kier alpha value is -2.11. The number of aromatic hydroxyl groups is 1. The monoisotopic (exact) mass is 197 g/mol. The van der Waals surface area contributed by atoms with Crippen molar-refractivity contribution in [3.8, 4) is 11.5 Å². The molecule has 0 aliphatic carbocycles. The van der Waals surface area contributed by atoms with Crippen molar-refractivity contribution < 1.29 is 24.5 Å². The van der Waals surface area contributed by atoms with E-state index in [-0.39, 0.29) is 5.75 Å². The summed E-state index contributed by atoms with van der Waals surface area (Å²) in [5.74, 6) is -3.52. The maximum atomic E-state index is 11.0. The smallest absolute Gasteiger partial charge is 0.379 e. The van der Waals surface area contributed by atoms with Gasteiger partial charge in [-0.15, -0.1) is 0 Å². The molecule has 0 atom stereocenters. The topological polar surface area (TPSA) is 96.7 Å². The molecule has 0 fully saturated rings. The molecule has 0 saturated carbocycles. The van der Waals surface area contributed by atoms with Crippen LogP contribution in [0.3, 0.4) is 0 Å². The Bertz CT molecular complexity index is 387. The minimum atomic E-state index is -1.68. The van der Waals surface area contributed by atoms with E-state index in [1.807, 2.05) is 0 Å². The number of pyridine rings is 1. The first-order chi connectivity index (χ1) is 6.57. The van der Waals surface area contributed by atoms with Crippen molar-refractivity contribution in [3.05, 3.63) is 18.0 Å². The summed E-state index contributed by atoms with van der Waals surface area (Å²) in [5, 5.41) is 17.7. The molecule has 0 spiro atoms. The lowest BCUT2D eigenvalue weighted by molar-refractivity contribution is -0.131. The number of rotatable bonds is 3. The van der Waals surface area contributed by atoms with Gasteiger partial charge in [-0.2, -0.15) is 0 Å². The first-order valence-electron chi connectivity index (χ1n) is 3.57. The molecule has 6 heteroatoms. The molecule has 0 aliphatic heterocycles. The summed E-state index contributed by atoms with van der Waals surface area (Å²) in [6.07, 6.45) is 1.18. The van der Waals surface area contributed by atoms with Crippen LogP contribution in [-0.4, -0.2) is 34.1 Å². The molecule has 0 radical (unpaired) electrons. The Morgan fingerprint density at radius 3 is 2.64 bits per heavy atom. The summed E-state index contributed by atoms with van der Waals surface area (Å²) in [6, 6.07) is 1.31. The minimum absolute atomic E-state index is 0.00426. The number of Topliss-reactive ketones (excluding diaryl/α,β-unsaturated/α-hetero) is 1. The molecule has 0 unspecified atom stereocenters. The molecule has 0 amide bonds. The van der Waals surface area contributed by atoms with Crippen LogP contribution in [0.2, 0.25) is 0 Å². The lowest BCUT2D eigenvalue weighted by Gasteiger charge is -2.04. The van der Waals surface area contributed by atoms with Crippen molar-refractivity contribution in [2.45, 2.75) is 0 Å². The normalized spacial score (nSPS) is 9.50. The molecule has 1 aromatic rings. The third kappa shape index (κ3) is 1.63. The predicted molar refractivity (Wildman–Crippen MR) is 44.4 cm³/mol. The van der Waals surface area contributed by atoms with E-state index < -0.39 is 23.2 Å². The highest BCUT2D eigenvalue weighted by Crippen LogP contribution is 2.27. The number of ketones is 1. The van der Waals surface area contributed by atoms with Crippen LogP contribution >= 0.6 is 0 Å².